The average Bonchev–Trinajstić information content (AvgIpc) is 3.16. The summed E-state index contributed by atoms with van der Waals surface area (Å²) in [5.74, 6) is 0.206. The van der Waals surface area contributed by atoms with Crippen LogP contribution in [-0.2, 0) is 6.54 Å². The Labute approximate surface area is 115 Å². The smallest absolute Gasteiger partial charge is 0.254 e. The van der Waals surface area contributed by atoms with E-state index in [0.717, 1.165) is 18.5 Å². The second-order valence-corrected chi connectivity index (χ2v) is 5.11. The molecule has 0 aliphatic heterocycles. The van der Waals surface area contributed by atoms with Gasteiger partial charge in [0.25, 0.3) is 5.91 Å². The molecular formula is C14H15N3O3. The molecule has 6 heteroatoms. The lowest BCUT2D eigenvalue weighted by molar-refractivity contribution is 0.0781. The lowest BCUT2D eigenvalue weighted by Gasteiger charge is -2.15. The van der Waals surface area contributed by atoms with Crippen LogP contribution in [0, 0.1) is 0 Å². The topological polar surface area (TPSA) is 79.2 Å². The molecule has 1 N–H and O–H groups in total. The van der Waals surface area contributed by atoms with Crippen molar-refractivity contribution in [1.82, 2.24) is 15.0 Å². The number of pyridine rings is 1. The van der Waals surface area contributed by atoms with E-state index in [2.05, 4.69) is 10.1 Å². The highest BCUT2D eigenvalue weighted by Gasteiger charge is 2.26. The summed E-state index contributed by atoms with van der Waals surface area (Å²) in [6, 6.07) is 4.82. The van der Waals surface area contributed by atoms with Gasteiger partial charge in [0, 0.05) is 30.4 Å². The largest absolute Gasteiger partial charge is 0.364 e. The van der Waals surface area contributed by atoms with Gasteiger partial charge in [0.15, 0.2) is 0 Å². The summed E-state index contributed by atoms with van der Waals surface area (Å²) < 4.78 is 4.74. The van der Waals surface area contributed by atoms with E-state index in [9.17, 15) is 9.59 Å². The molecule has 1 aliphatic carbocycles. The van der Waals surface area contributed by atoms with Crippen LogP contribution < -0.4 is 5.56 Å². The number of aromatic nitrogens is 2. The molecule has 1 amide bonds. The molecule has 1 saturated carbocycles. The zero-order chi connectivity index (χ0) is 14.1. The van der Waals surface area contributed by atoms with Gasteiger partial charge in [-0.25, -0.2) is 0 Å². The maximum Gasteiger partial charge on any atom is 0.254 e. The number of aromatic amines is 1. The quantitative estimate of drug-likeness (QED) is 0.915. The molecule has 20 heavy (non-hydrogen) atoms. The standard InChI is InChI=1S/C14H15N3O3/c1-17(8-11-4-5-20-16-11)14(19)10-6-12(9-2-3-9)15-13(18)7-10/h4-7,9H,2-3,8H2,1H3,(H,15,18). The molecule has 0 atom stereocenters. The average molecular weight is 273 g/mol. The molecule has 2 heterocycles. The Kier molecular flexibility index (Phi) is 3.14. The highest BCUT2D eigenvalue weighted by molar-refractivity contribution is 5.94. The molecule has 1 aliphatic rings. The normalized spacial score (nSPS) is 14.2. The minimum Gasteiger partial charge on any atom is -0.364 e. The summed E-state index contributed by atoms with van der Waals surface area (Å²) in [4.78, 5) is 28.3. The second kappa shape index (κ2) is 4.96. The molecule has 0 radical (unpaired) electrons. The van der Waals surface area contributed by atoms with Crippen molar-refractivity contribution in [3.05, 3.63) is 51.8 Å². The van der Waals surface area contributed by atoms with Gasteiger partial charge < -0.3 is 14.4 Å². The molecule has 0 spiro atoms. The van der Waals surface area contributed by atoms with Crippen molar-refractivity contribution in [2.24, 2.45) is 0 Å². The monoisotopic (exact) mass is 273 g/mol. The van der Waals surface area contributed by atoms with E-state index in [4.69, 9.17) is 4.52 Å². The Morgan fingerprint density at radius 1 is 1.50 bits per heavy atom. The molecule has 0 bridgehead atoms. The maximum atomic E-state index is 12.3. The third-order valence-electron chi connectivity index (χ3n) is 3.37. The van der Waals surface area contributed by atoms with E-state index < -0.39 is 0 Å². The van der Waals surface area contributed by atoms with Crippen LogP contribution in [0.15, 0.2) is 33.8 Å². The first kappa shape index (κ1) is 12.7. The number of carbonyl (C=O) groups excluding carboxylic acids is 1. The lowest BCUT2D eigenvalue weighted by atomic mass is 10.1. The third kappa shape index (κ3) is 2.64. The second-order valence-electron chi connectivity index (χ2n) is 5.11. The van der Waals surface area contributed by atoms with E-state index in [1.54, 1.807) is 19.2 Å². The van der Waals surface area contributed by atoms with Gasteiger partial charge in [-0.15, -0.1) is 0 Å². The number of nitrogens with one attached hydrogen (secondary N) is 1. The van der Waals surface area contributed by atoms with Crippen molar-refractivity contribution in [2.45, 2.75) is 25.3 Å². The van der Waals surface area contributed by atoms with Crippen molar-refractivity contribution in [3.63, 3.8) is 0 Å². The van der Waals surface area contributed by atoms with Crippen molar-refractivity contribution >= 4 is 5.91 Å². The summed E-state index contributed by atoms with van der Waals surface area (Å²) in [6.45, 7) is 0.348. The number of rotatable bonds is 4. The molecule has 0 aromatic carbocycles. The number of carbonyl (C=O) groups is 1. The van der Waals surface area contributed by atoms with Gasteiger partial charge in [-0.1, -0.05) is 5.16 Å². The fourth-order valence-corrected chi connectivity index (χ4v) is 2.16. The number of H-pyrrole nitrogens is 1. The first-order valence-electron chi connectivity index (χ1n) is 6.52. The molecule has 104 valence electrons. The number of hydrogen-bond donors (Lipinski definition) is 1. The van der Waals surface area contributed by atoms with Crippen molar-refractivity contribution in [2.75, 3.05) is 7.05 Å². The molecule has 2 aromatic rings. The van der Waals surface area contributed by atoms with Crippen LogP contribution >= 0.6 is 0 Å². The highest BCUT2D eigenvalue weighted by Crippen LogP contribution is 2.38. The molecular weight excluding hydrogens is 258 g/mol. The maximum absolute atomic E-state index is 12.3. The highest BCUT2D eigenvalue weighted by atomic mass is 16.5. The van der Waals surface area contributed by atoms with Crippen LogP contribution in [0.3, 0.4) is 0 Å². The number of hydrogen-bond acceptors (Lipinski definition) is 4. The van der Waals surface area contributed by atoms with Crippen molar-refractivity contribution in [1.29, 1.82) is 0 Å². The minimum atomic E-state index is -0.229. The SMILES string of the molecule is CN(Cc1ccon1)C(=O)c1cc(C2CC2)[nH]c(=O)c1. The first-order chi connectivity index (χ1) is 9.63. The Morgan fingerprint density at radius 3 is 2.95 bits per heavy atom. The zero-order valence-corrected chi connectivity index (χ0v) is 11.1. The molecule has 1 fully saturated rings. The Bertz CT molecular complexity index is 671. The van der Waals surface area contributed by atoms with Crippen LogP contribution in [0.4, 0.5) is 0 Å². The molecule has 0 saturated heterocycles. The Balaban J connectivity index is 1.80. The predicted octanol–water partition coefficient (Wildman–Crippen LogP) is 1.51. The summed E-state index contributed by atoms with van der Waals surface area (Å²) in [7, 11) is 1.68. The van der Waals surface area contributed by atoms with Gasteiger partial charge >= 0.3 is 0 Å². The van der Waals surface area contributed by atoms with E-state index in [-0.39, 0.29) is 11.5 Å². The predicted molar refractivity (Wildman–Crippen MR) is 71.3 cm³/mol. The van der Waals surface area contributed by atoms with Crippen LogP contribution in [-0.4, -0.2) is 28.0 Å². The van der Waals surface area contributed by atoms with E-state index in [0.29, 0.717) is 23.7 Å². The summed E-state index contributed by atoms with van der Waals surface area (Å²) >= 11 is 0. The molecule has 0 unspecified atom stereocenters. The fraction of sp³-hybridized carbons (Fsp3) is 0.357. The number of amides is 1. The Morgan fingerprint density at radius 2 is 2.30 bits per heavy atom. The van der Waals surface area contributed by atoms with Crippen LogP contribution in [0.25, 0.3) is 0 Å². The third-order valence-corrected chi connectivity index (χ3v) is 3.37. The van der Waals surface area contributed by atoms with Gasteiger partial charge in [0.05, 0.1) is 6.54 Å². The fourth-order valence-electron chi connectivity index (χ4n) is 2.16. The minimum absolute atomic E-state index is 0.194. The summed E-state index contributed by atoms with van der Waals surface area (Å²) in [5.41, 5.74) is 1.72. The lowest BCUT2D eigenvalue weighted by Crippen LogP contribution is -2.27. The van der Waals surface area contributed by atoms with Crippen LogP contribution in [0.5, 0.6) is 0 Å². The van der Waals surface area contributed by atoms with E-state index >= 15 is 0 Å². The van der Waals surface area contributed by atoms with Crippen molar-refractivity contribution in [3.8, 4) is 0 Å². The number of nitrogens with zero attached hydrogens (tertiary/aromatic N) is 2. The van der Waals surface area contributed by atoms with Gasteiger partial charge in [-0.2, -0.15) is 0 Å². The van der Waals surface area contributed by atoms with Gasteiger partial charge in [0.1, 0.15) is 12.0 Å². The van der Waals surface area contributed by atoms with Gasteiger partial charge in [0.2, 0.25) is 5.56 Å². The van der Waals surface area contributed by atoms with Crippen LogP contribution in [0.1, 0.15) is 40.5 Å². The Hall–Kier alpha value is -2.37. The van der Waals surface area contributed by atoms with Gasteiger partial charge in [-0.3, -0.25) is 9.59 Å². The van der Waals surface area contributed by atoms with E-state index in [1.165, 1.54) is 17.2 Å². The van der Waals surface area contributed by atoms with Crippen LogP contribution in [0.2, 0.25) is 0 Å². The van der Waals surface area contributed by atoms with E-state index in [1.807, 2.05) is 0 Å². The first-order valence-corrected chi connectivity index (χ1v) is 6.52. The zero-order valence-electron chi connectivity index (χ0n) is 11.1. The molecule has 2 aromatic heterocycles. The molecule has 3 rings (SSSR count). The van der Waals surface area contributed by atoms with Gasteiger partial charge in [-0.05, 0) is 24.8 Å². The van der Waals surface area contributed by atoms with Crippen molar-refractivity contribution < 1.29 is 9.32 Å². The summed E-state index contributed by atoms with van der Waals surface area (Å²) in [6.07, 6.45) is 3.61. The molecule has 6 nitrogen and oxygen atoms in total. The summed E-state index contributed by atoms with van der Waals surface area (Å²) in [5, 5.41) is 3.77.